The Labute approximate surface area is 180 Å². The first kappa shape index (κ1) is 21.7. The van der Waals surface area contributed by atoms with Gasteiger partial charge in [0.2, 0.25) is 11.8 Å². The lowest BCUT2D eigenvalue weighted by molar-refractivity contribution is -0.129. The van der Waals surface area contributed by atoms with Crippen LogP contribution in [0.5, 0.6) is 0 Å². The molecule has 1 fully saturated rings. The lowest BCUT2D eigenvalue weighted by Gasteiger charge is -2.18. The molecule has 0 bridgehead atoms. The summed E-state index contributed by atoms with van der Waals surface area (Å²) < 4.78 is 5.53. The van der Waals surface area contributed by atoms with Gasteiger partial charge in [0.15, 0.2) is 5.96 Å². The highest BCUT2D eigenvalue weighted by Crippen LogP contribution is 2.23. The molecule has 1 unspecified atom stereocenters. The van der Waals surface area contributed by atoms with Crippen molar-refractivity contribution >= 4 is 47.2 Å². The lowest BCUT2D eigenvalue weighted by Crippen LogP contribution is -2.45. The first-order valence-corrected chi connectivity index (χ1v) is 9.88. The molecule has 3 heterocycles. The van der Waals surface area contributed by atoms with Crippen LogP contribution < -0.4 is 10.6 Å². The molecule has 0 spiro atoms. The zero-order valence-electron chi connectivity index (χ0n) is 15.6. The second-order valence-electron chi connectivity index (χ2n) is 6.14. The maximum atomic E-state index is 11.8. The predicted octanol–water partition coefficient (Wildman–Crippen LogP) is 3.09. The van der Waals surface area contributed by atoms with Crippen LogP contribution in [0.15, 0.2) is 33.2 Å². The Bertz CT molecular complexity index is 747. The molecule has 0 aliphatic carbocycles. The van der Waals surface area contributed by atoms with Crippen LogP contribution >= 0.6 is 35.3 Å². The number of oxazole rings is 1. The number of nitrogens with one attached hydrogen (secondary N) is 2. The minimum atomic E-state index is 0. The van der Waals surface area contributed by atoms with Gasteiger partial charge in [0.05, 0.1) is 11.4 Å². The van der Waals surface area contributed by atoms with E-state index in [2.05, 4.69) is 20.6 Å². The molecule has 1 aliphatic heterocycles. The van der Waals surface area contributed by atoms with E-state index in [1.54, 1.807) is 17.6 Å². The fraction of sp³-hybridized carbons (Fsp3) is 0.500. The van der Waals surface area contributed by atoms with Crippen molar-refractivity contribution in [2.75, 3.05) is 19.6 Å². The van der Waals surface area contributed by atoms with E-state index in [0.717, 1.165) is 42.6 Å². The highest BCUT2D eigenvalue weighted by Gasteiger charge is 2.25. The molecule has 0 saturated carbocycles. The van der Waals surface area contributed by atoms with Gasteiger partial charge in [-0.1, -0.05) is 13.0 Å². The third-order valence-corrected chi connectivity index (χ3v) is 5.07. The monoisotopic (exact) mass is 503 g/mol. The van der Waals surface area contributed by atoms with Gasteiger partial charge < -0.3 is 20.0 Å². The van der Waals surface area contributed by atoms with Gasteiger partial charge in [-0.3, -0.25) is 4.79 Å². The van der Waals surface area contributed by atoms with Gasteiger partial charge >= 0.3 is 0 Å². The van der Waals surface area contributed by atoms with E-state index in [1.165, 1.54) is 0 Å². The lowest BCUT2D eigenvalue weighted by atomic mass is 10.3. The summed E-state index contributed by atoms with van der Waals surface area (Å²) in [5, 5.41) is 8.67. The van der Waals surface area contributed by atoms with E-state index in [0.29, 0.717) is 18.9 Å². The normalized spacial score (nSPS) is 16.9. The summed E-state index contributed by atoms with van der Waals surface area (Å²) >= 11 is 1.60. The molecule has 2 aromatic rings. The van der Waals surface area contributed by atoms with Crippen molar-refractivity contribution in [3.63, 3.8) is 0 Å². The van der Waals surface area contributed by atoms with Gasteiger partial charge in [0.1, 0.15) is 12.0 Å². The smallest absolute Gasteiger partial charge is 0.236 e. The maximum absolute atomic E-state index is 11.8. The van der Waals surface area contributed by atoms with E-state index >= 15 is 0 Å². The minimum absolute atomic E-state index is 0. The standard InChI is InChI=1S/C18H25N5O2S.HI/c1-3-16(24)23-8-7-13(11-23)22-18(19-4-2)20-10-14-12-25-17(21-14)15-6-5-9-26-15;/h5-6,9,12-13H,3-4,7-8,10-11H2,1-2H3,(H2,19,20,22);1H. The van der Waals surface area contributed by atoms with Crippen molar-refractivity contribution in [3.05, 3.63) is 29.5 Å². The Morgan fingerprint density at radius 1 is 1.48 bits per heavy atom. The molecule has 2 N–H and O–H groups in total. The van der Waals surface area contributed by atoms with Crippen molar-refractivity contribution < 1.29 is 9.21 Å². The summed E-state index contributed by atoms with van der Waals surface area (Å²) in [6, 6.07) is 4.18. The molecular weight excluding hydrogens is 477 g/mol. The molecule has 148 valence electrons. The van der Waals surface area contributed by atoms with Crippen LogP contribution in [0.4, 0.5) is 0 Å². The largest absolute Gasteiger partial charge is 0.443 e. The Kier molecular flexibility index (Phi) is 8.55. The van der Waals surface area contributed by atoms with Crippen LogP contribution in [0.25, 0.3) is 10.8 Å². The van der Waals surface area contributed by atoms with Gasteiger partial charge in [-0.25, -0.2) is 9.98 Å². The van der Waals surface area contributed by atoms with Gasteiger partial charge in [-0.2, -0.15) is 0 Å². The van der Waals surface area contributed by atoms with Crippen LogP contribution in [0.3, 0.4) is 0 Å². The van der Waals surface area contributed by atoms with Gasteiger partial charge in [-0.15, -0.1) is 35.3 Å². The average molecular weight is 503 g/mol. The van der Waals surface area contributed by atoms with Crippen molar-refractivity contribution in [2.45, 2.75) is 39.3 Å². The molecule has 1 amide bonds. The second-order valence-corrected chi connectivity index (χ2v) is 7.09. The zero-order chi connectivity index (χ0) is 18.4. The number of hydrogen-bond donors (Lipinski definition) is 2. The molecule has 9 heteroatoms. The number of aromatic nitrogens is 1. The van der Waals surface area contributed by atoms with Gasteiger partial charge in [-0.05, 0) is 24.8 Å². The minimum Gasteiger partial charge on any atom is -0.443 e. The molecule has 0 radical (unpaired) electrons. The van der Waals surface area contributed by atoms with E-state index < -0.39 is 0 Å². The number of aliphatic imine (C=N–C) groups is 1. The molecule has 7 nitrogen and oxygen atoms in total. The van der Waals surface area contributed by atoms with Crippen LogP contribution in [-0.2, 0) is 11.3 Å². The number of likely N-dealkylation sites (tertiary alicyclic amines) is 1. The van der Waals surface area contributed by atoms with Crippen LogP contribution in [0.1, 0.15) is 32.4 Å². The predicted molar refractivity (Wildman–Crippen MR) is 118 cm³/mol. The summed E-state index contributed by atoms with van der Waals surface area (Å²) in [4.78, 5) is 23.8. The molecule has 1 saturated heterocycles. The first-order chi connectivity index (χ1) is 12.7. The Morgan fingerprint density at radius 3 is 3.04 bits per heavy atom. The molecule has 27 heavy (non-hydrogen) atoms. The quantitative estimate of drug-likeness (QED) is 0.360. The molecule has 3 rings (SSSR count). The number of rotatable bonds is 6. The maximum Gasteiger partial charge on any atom is 0.236 e. The number of thiophene rings is 1. The number of nitrogens with zero attached hydrogens (tertiary/aromatic N) is 3. The summed E-state index contributed by atoms with van der Waals surface area (Å²) in [5.41, 5.74) is 0.791. The van der Waals surface area contributed by atoms with E-state index in [1.807, 2.05) is 36.3 Å². The van der Waals surface area contributed by atoms with Crippen LogP contribution in [-0.4, -0.2) is 47.4 Å². The summed E-state index contributed by atoms with van der Waals surface area (Å²) in [6.45, 7) is 6.67. The first-order valence-electron chi connectivity index (χ1n) is 9.00. The Hall–Kier alpha value is -1.62. The number of carbonyl (C=O) groups is 1. The summed E-state index contributed by atoms with van der Waals surface area (Å²) in [7, 11) is 0. The third kappa shape index (κ3) is 5.93. The molecular formula is C18H26IN5O2S. The highest BCUT2D eigenvalue weighted by atomic mass is 127. The highest BCUT2D eigenvalue weighted by molar-refractivity contribution is 14.0. The second kappa shape index (κ2) is 10.6. The number of hydrogen-bond acceptors (Lipinski definition) is 5. The van der Waals surface area contributed by atoms with Crippen molar-refractivity contribution in [2.24, 2.45) is 4.99 Å². The van der Waals surface area contributed by atoms with Crippen LogP contribution in [0.2, 0.25) is 0 Å². The topological polar surface area (TPSA) is 82.8 Å². The Morgan fingerprint density at radius 2 is 2.33 bits per heavy atom. The zero-order valence-corrected chi connectivity index (χ0v) is 18.8. The number of carbonyl (C=O) groups excluding carboxylic acids is 1. The number of amides is 1. The fourth-order valence-electron chi connectivity index (χ4n) is 2.89. The third-order valence-electron chi connectivity index (χ3n) is 4.21. The summed E-state index contributed by atoms with van der Waals surface area (Å²) in [5.74, 6) is 1.58. The number of guanidine groups is 1. The van der Waals surface area contributed by atoms with Gasteiger partial charge in [0, 0.05) is 32.1 Å². The van der Waals surface area contributed by atoms with Crippen molar-refractivity contribution in [1.29, 1.82) is 0 Å². The van der Waals surface area contributed by atoms with Crippen molar-refractivity contribution in [1.82, 2.24) is 20.5 Å². The SMILES string of the molecule is CCNC(=NCc1coc(-c2cccs2)n1)NC1CCN(C(=O)CC)C1.I. The molecule has 1 aliphatic rings. The van der Waals surface area contributed by atoms with Gasteiger partial charge in [0.25, 0.3) is 0 Å². The summed E-state index contributed by atoms with van der Waals surface area (Å²) in [6.07, 6.45) is 3.14. The molecule has 0 aromatic carbocycles. The van der Waals surface area contributed by atoms with Crippen LogP contribution in [0, 0.1) is 0 Å². The molecule has 1 atom stereocenters. The average Bonchev–Trinajstić information content (AvgIpc) is 3.39. The fourth-order valence-corrected chi connectivity index (χ4v) is 3.55. The number of halogens is 1. The van der Waals surface area contributed by atoms with E-state index in [4.69, 9.17) is 4.42 Å². The molecule has 2 aromatic heterocycles. The van der Waals surface area contributed by atoms with E-state index in [9.17, 15) is 4.79 Å². The van der Waals surface area contributed by atoms with Crippen molar-refractivity contribution in [3.8, 4) is 10.8 Å². The van der Waals surface area contributed by atoms with E-state index in [-0.39, 0.29) is 35.9 Å². The Balaban J connectivity index is 0.00000261.